The minimum Gasteiger partial charge on any atom is -0.383 e. The van der Waals surface area contributed by atoms with Crippen LogP contribution in [0.2, 0.25) is 0 Å². The first-order valence-corrected chi connectivity index (χ1v) is 8.27. The van der Waals surface area contributed by atoms with Gasteiger partial charge in [0.05, 0.1) is 17.8 Å². The van der Waals surface area contributed by atoms with Gasteiger partial charge in [-0.2, -0.15) is 0 Å². The van der Waals surface area contributed by atoms with E-state index in [1.165, 1.54) is 10.7 Å². The summed E-state index contributed by atoms with van der Waals surface area (Å²) < 4.78 is 5.18. The summed E-state index contributed by atoms with van der Waals surface area (Å²) in [5.74, 6) is 0. The number of piperidine rings is 1. The lowest BCUT2D eigenvalue weighted by atomic mass is 9.88. The molecule has 0 bridgehead atoms. The van der Waals surface area contributed by atoms with Crippen LogP contribution in [0.25, 0.3) is 0 Å². The van der Waals surface area contributed by atoms with Gasteiger partial charge in [0.2, 0.25) is 0 Å². The maximum absolute atomic E-state index is 5.18. The van der Waals surface area contributed by atoms with Gasteiger partial charge in [0, 0.05) is 24.4 Å². The molecule has 114 valence electrons. The van der Waals surface area contributed by atoms with Gasteiger partial charge in [0.1, 0.15) is 5.01 Å². The largest absolute Gasteiger partial charge is 0.383 e. The molecule has 1 aliphatic rings. The van der Waals surface area contributed by atoms with Gasteiger partial charge in [-0.05, 0) is 25.9 Å². The molecule has 4 nitrogen and oxygen atoms in total. The van der Waals surface area contributed by atoms with E-state index in [1.807, 2.05) is 0 Å². The number of nitrogens with one attached hydrogen (secondary N) is 2. The zero-order valence-corrected chi connectivity index (χ0v) is 13.9. The van der Waals surface area contributed by atoms with E-state index < -0.39 is 0 Å². The first-order chi connectivity index (χ1) is 9.48. The van der Waals surface area contributed by atoms with Gasteiger partial charge in [-0.15, -0.1) is 11.3 Å². The highest BCUT2D eigenvalue weighted by Crippen LogP contribution is 2.35. The van der Waals surface area contributed by atoms with Crippen molar-refractivity contribution in [1.29, 1.82) is 0 Å². The highest BCUT2D eigenvalue weighted by molar-refractivity contribution is 7.09. The van der Waals surface area contributed by atoms with Crippen LogP contribution in [0, 0.1) is 0 Å². The minimum absolute atomic E-state index is 0.0257. The molecular formula is C15H27N3OS. The lowest BCUT2D eigenvalue weighted by Crippen LogP contribution is -2.50. The Balaban J connectivity index is 2.19. The van der Waals surface area contributed by atoms with E-state index in [0.29, 0.717) is 0 Å². The lowest BCUT2D eigenvalue weighted by molar-refractivity contribution is 0.169. The Kier molecular flexibility index (Phi) is 5.18. The van der Waals surface area contributed by atoms with Gasteiger partial charge in [0.15, 0.2) is 0 Å². The van der Waals surface area contributed by atoms with Gasteiger partial charge in [0.25, 0.3) is 0 Å². The fraction of sp³-hybridized carbons (Fsp3) is 0.800. The third kappa shape index (κ3) is 3.58. The van der Waals surface area contributed by atoms with Crippen molar-refractivity contribution in [3.8, 4) is 0 Å². The van der Waals surface area contributed by atoms with Crippen LogP contribution >= 0.6 is 11.3 Å². The fourth-order valence-corrected chi connectivity index (χ4v) is 3.83. The average Bonchev–Trinajstić information content (AvgIpc) is 2.90. The molecule has 2 N–H and O–H groups in total. The summed E-state index contributed by atoms with van der Waals surface area (Å²) in [6.45, 7) is 10.4. The molecule has 1 saturated heterocycles. The number of rotatable bonds is 5. The molecule has 2 rings (SSSR count). The van der Waals surface area contributed by atoms with E-state index in [9.17, 15) is 0 Å². The number of thiazole rings is 1. The van der Waals surface area contributed by atoms with Crippen molar-refractivity contribution in [1.82, 2.24) is 15.6 Å². The number of methoxy groups -OCH3 is 1. The zero-order valence-electron chi connectivity index (χ0n) is 13.1. The molecule has 0 saturated carbocycles. The minimum atomic E-state index is 0.0257. The van der Waals surface area contributed by atoms with E-state index in [0.717, 1.165) is 39.1 Å². The summed E-state index contributed by atoms with van der Waals surface area (Å²) in [5.41, 5.74) is 1.34. The summed E-state index contributed by atoms with van der Waals surface area (Å²) >= 11 is 1.80. The summed E-state index contributed by atoms with van der Waals surface area (Å²) in [6, 6.07) is 0. The van der Waals surface area contributed by atoms with Crippen LogP contribution in [0.1, 0.15) is 44.3 Å². The van der Waals surface area contributed by atoms with Crippen LogP contribution in [0.5, 0.6) is 0 Å². The molecule has 2 heterocycles. The highest BCUT2D eigenvalue weighted by Gasteiger charge is 2.36. The van der Waals surface area contributed by atoms with Crippen molar-refractivity contribution < 1.29 is 4.74 Å². The molecule has 0 radical (unpaired) electrons. The summed E-state index contributed by atoms with van der Waals surface area (Å²) in [7, 11) is 1.75. The summed E-state index contributed by atoms with van der Waals surface area (Å²) in [6.07, 6.45) is 2.18. The molecule has 1 aliphatic heterocycles. The molecule has 20 heavy (non-hydrogen) atoms. The van der Waals surface area contributed by atoms with Crippen molar-refractivity contribution in [3.63, 3.8) is 0 Å². The SMILES string of the molecule is COCCNC1(c2nc(C(C)(C)C)cs2)CCNCC1. The predicted octanol–water partition coefficient (Wildman–Crippen LogP) is 2.26. The topological polar surface area (TPSA) is 46.2 Å². The monoisotopic (exact) mass is 297 g/mol. The molecule has 1 aromatic rings. The fourth-order valence-electron chi connectivity index (χ4n) is 2.55. The molecule has 0 aliphatic carbocycles. The van der Waals surface area contributed by atoms with Crippen LogP contribution in [0.15, 0.2) is 5.38 Å². The van der Waals surface area contributed by atoms with Gasteiger partial charge in [-0.1, -0.05) is 20.8 Å². The molecule has 5 heteroatoms. The molecular weight excluding hydrogens is 270 g/mol. The number of hydrogen-bond donors (Lipinski definition) is 2. The van der Waals surface area contributed by atoms with Crippen LogP contribution < -0.4 is 10.6 Å². The number of hydrogen-bond acceptors (Lipinski definition) is 5. The molecule has 0 aromatic carbocycles. The smallest absolute Gasteiger partial charge is 0.113 e. The maximum Gasteiger partial charge on any atom is 0.113 e. The maximum atomic E-state index is 5.18. The second kappa shape index (κ2) is 6.52. The first kappa shape index (κ1) is 15.9. The number of ether oxygens (including phenoxy) is 1. The molecule has 0 unspecified atom stereocenters. The van der Waals surface area contributed by atoms with Gasteiger partial charge in [-0.25, -0.2) is 4.98 Å². The standard InChI is InChI=1S/C15H27N3OS/c1-14(2,3)12-11-20-13(18-12)15(17-9-10-19-4)5-7-16-8-6-15/h11,16-17H,5-10H2,1-4H3. The van der Waals surface area contributed by atoms with Crippen LogP contribution in [-0.4, -0.2) is 38.3 Å². The van der Waals surface area contributed by atoms with E-state index in [2.05, 4.69) is 36.8 Å². The Morgan fingerprint density at radius 3 is 2.65 bits per heavy atom. The highest BCUT2D eigenvalue weighted by atomic mass is 32.1. The Hall–Kier alpha value is -0.490. The first-order valence-electron chi connectivity index (χ1n) is 7.39. The summed E-state index contributed by atoms with van der Waals surface area (Å²) in [5, 5.41) is 10.6. The van der Waals surface area contributed by atoms with Crippen molar-refractivity contribution >= 4 is 11.3 Å². The normalized spacial score (nSPS) is 19.2. The van der Waals surface area contributed by atoms with E-state index >= 15 is 0 Å². The third-order valence-electron chi connectivity index (χ3n) is 3.91. The number of aromatic nitrogens is 1. The van der Waals surface area contributed by atoms with E-state index in [-0.39, 0.29) is 11.0 Å². The Bertz CT molecular complexity index is 419. The van der Waals surface area contributed by atoms with Crippen LogP contribution in [0.3, 0.4) is 0 Å². The van der Waals surface area contributed by atoms with Gasteiger partial charge < -0.3 is 15.4 Å². The second-order valence-corrected chi connectivity index (χ2v) is 7.40. The van der Waals surface area contributed by atoms with E-state index in [4.69, 9.17) is 9.72 Å². The van der Waals surface area contributed by atoms with Crippen molar-refractivity contribution in [3.05, 3.63) is 16.1 Å². The molecule has 0 spiro atoms. The molecule has 1 aromatic heterocycles. The second-order valence-electron chi connectivity index (χ2n) is 6.54. The zero-order chi connectivity index (χ0) is 14.6. The average molecular weight is 297 g/mol. The Labute approximate surface area is 126 Å². The quantitative estimate of drug-likeness (QED) is 0.818. The van der Waals surface area contributed by atoms with Crippen molar-refractivity contribution in [2.24, 2.45) is 0 Å². The van der Waals surface area contributed by atoms with E-state index in [1.54, 1.807) is 18.4 Å². The number of nitrogens with zero attached hydrogens (tertiary/aromatic N) is 1. The predicted molar refractivity (Wildman–Crippen MR) is 84.5 cm³/mol. The molecule has 1 fully saturated rings. The van der Waals surface area contributed by atoms with Gasteiger partial charge in [-0.3, -0.25) is 0 Å². The summed E-state index contributed by atoms with van der Waals surface area (Å²) in [4.78, 5) is 4.94. The Morgan fingerprint density at radius 1 is 1.40 bits per heavy atom. The third-order valence-corrected chi connectivity index (χ3v) is 4.96. The van der Waals surface area contributed by atoms with Crippen LogP contribution in [0.4, 0.5) is 0 Å². The molecule has 0 amide bonds. The van der Waals surface area contributed by atoms with Crippen molar-refractivity contribution in [2.45, 2.75) is 44.6 Å². The molecule has 0 atom stereocenters. The lowest BCUT2D eigenvalue weighted by Gasteiger charge is -2.37. The van der Waals surface area contributed by atoms with Crippen molar-refractivity contribution in [2.75, 3.05) is 33.4 Å². The van der Waals surface area contributed by atoms with Crippen LogP contribution in [-0.2, 0) is 15.7 Å². The van der Waals surface area contributed by atoms with Gasteiger partial charge >= 0.3 is 0 Å². The Morgan fingerprint density at radius 2 is 2.10 bits per heavy atom.